The third-order valence-electron chi connectivity index (χ3n) is 4.81. The maximum Gasteiger partial charge on any atom is 0.226 e. The van der Waals surface area contributed by atoms with E-state index < -0.39 is 0 Å². The van der Waals surface area contributed by atoms with Crippen LogP contribution in [-0.4, -0.2) is 51.9 Å². The minimum absolute atomic E-state index is 0.148. The van der Waals surface area contributed by atoms with Crippen LogP contribution < -0.4 is 10.2 Å². The van der Waals surface area contributed by atoms with Gasteiger partial charge in [0.1, 0.15) is 17.5 Å². The molecule has 1 aliphatic heterocycles. The van der Waals surface area contributed by atoms with E-state index in [1.165, 1.54) is 0 Å². The molecule has 1 aliphatic rings. The summed E-state index contributed by atoms with van der Waals surface area (Å²) in [4.78, 5) is 28.7. The van der Waals surface area contributed by atoms with Crippen LogP contribution in [0.3, 0.4) is 0 Å². The number of nitriles is 1. The summed E-state index contributed by atoms with van der Waals surface area (Å²) >= 11 is 6.17. The lowest BCUT2D eigenvalue weighted by atomic mass is 10.2. The van der Waals surface area contributed by atoms with E-state index in [-0.39, 0.29) is 11.2 Å². The van der Waals surface area contributed by atoms with Crippen molar-refractivity contribution in [3.8, 4) is 6.07 Å². The van der Waals surface area contributed by atoms with Crippen molar-refractivity contribution < 1.29 is 4.79 Å². The van der Waals surface area contributed by atoms with Gasteiger partial charge in [0.15, 0.2) is 0 Å². The van der Waals surface area contributed by atoms with Gasteiger partial charge >= 0.3 is 0 Å². The molecule has 152 valence electrons. The summed E-state index contributed by atoms with van der Waals surface area (Å²) in [6, 6.07) is 7.23. The van der Waals surface area contributed by atoms with Gasteiger partial charge in [0, 0.05) is 45.4 Å². The summed E-state index contributed by atoms with van der Waals surface area (Å²) in [7, 11) is 0. The highest BCUT2D eigenvalue weighted by molar-refractivity contribution is 6.28. The first-order valence-corrected chi connectivity index (χ1v) is 10.1. The molecule has 0 saturated carbocycles. The number of rotatable bonds is 3. The Morgan fingerprint density at radius 3 is 2.45 bits per heavy atom. The molecule has 1 saturated heterocycles. The van der Waals surface area contributed by atoms with Crippen LogP contribution in [0.15, 0.2) is 24.4 Å². The zero-order chi connectivity index (χ0) is 20.6. The summed E-state index contributed by atoms with van der Waals surface area (Å²) in [6.07, 6.45) is 5.38. The molecular weight excluding hydrogens is 390 g/mol. The lowest BCUT2D eigenvalue weighted by molar-refractivity contribution is -0.129. The highest BCUT2D eigenvalue weighted by atomic mass is 35.5. The third kappa shape index (κ3) is 6.03. The molecule has 1 amide bonds. The molecule has 0 atom stereocenters. The molecule has 0 aromatic carbocycles. The second-order valence-corrected chi connectivity index (χ2v) is 7.29. The van der Waals surface area contributed by atoms with Gasteiger partial charge < -0.3 is 15.1 Å². The molecule has 0 radical (unpaired) electrons. The largest absolute Gasteiger partial charge is 0.356 e. The minimum Gasteiger partial charge on any atom is -0.356 e. The monoisotopic (exact) mass is 413 g/mol. The van der Waals surface area contributed by atoms with Crippen LogP contribution in [0.1, 0.15) is 38.2 Å². The van der Waals surface area contributed by atoms with Crippen molar-refractivity contribution in [3.05, 3.63) is 35.2 Å². The van der Waals surface area contributed by atoms with Crippen molar-refractivity contribution in [2.45, 2.75) is 32.6 Å². The minimum atomic E-state index is 0.148. The zero-order valence-corrected chi connectivity index (χ0v) is 17.2. The molecule has 0 bridgehead atoms. The Morgan fingerprint density at radius 2 is 1.79 bits per heavy atom. The topological polar surface area (TPSA) is 98.0 Å². The molecule has 0 spiro atoms. The number of hydrogen-bond acceptors (Lipinski definition) is 7. The zero-order valence-electron chi connectivity index (χ0n) is 16.4. The molecular formula is C20H24ClN7O. The number of pyridine rings is 1. The van der Waals surface area contributed by atoms with Crippen molar-refractivity contribution >= 4 is 35.0 Å². The standard InChI is InChI=1S/C20H24ClN7O/c1-15(29)27-8-2-4-10-28(11-5-3-9-27)19-13-18(25-20(21)26-19)24-17-12-16(14-22)6-7-23-17/h6-7,12-13H,2-5,8-11H2,1H3,(H,23,24,25,26). The number of aromatic nitrogens is 3. The average Bonchev–Trinajstić information content (AvgIpc) is 2.71. The summed E-state index contributed by atoms with van der Waals surface area (Å²) in [5, 5.41) is 12.3. The number of halogens is 1. The molecule has 2 aromatic heterocycles. The first-order chi connectivity index (χ1) is 14.0. The molecule has 0 unspecified atom stereocenters. The van der Waals surface area contributed by atoms with Gasteiger partial charge in [-0.2, -0.15) is 5.26 Å². The quantitative estimate of drug-likeness (QED) is 0.770. The number of carbonyl (C=O) groups is 1. The molecule has 9 heteroatoms. The van der Waals surface area contributed by atoms with Gasteiger partial charge in [-0.25, -0.2) is 15.0 Å². The Balaban J connectivity index is 1.72. The summed E-state index contributed by atoms with van der Waals surface area (Å²) < 4.78 is 0. The first-order valence-electron chi connectivity index (χ1n) is 9.73. The van der Waals surface area contributed by atoms with Gasteiger partial charge in [0.05, 0.1) is 11.6 Å². The lowest BCUT2D eigenvalue weighted by Gasteiger charge is -2.28. The van der Waals surface area contributed by atoms with Crippen LogP contribution in [-0.2, 0) is 4.79 Å². The van der Waals surface area contributed by atoms with E-state index in [1.54, 1.807) is 25.3 Å². The predicted molar refractivity (Wildman–Crippen MR) is 112 cm³/mol. The summed E-state index contributed by atoms with van der Waals surface area (Å²) in [6.45, 7) is 4.89. The van der Waals surface area contributed by atoms with Crippen LogP contribution in [0.25, 0.3) is 0 Å². The SMILES string of the molecule is CC(=O)N1CCCCN(c2cc(Nc3cc(C#N)ccn3)nc(Cl)n2)CCCC1. The number of nitrogens with one attached hydrogen (secondary N) is 1. The van der Waals surface area contributed by atoms with Crippen molar-refractivity contribution in [2.24, 2.45) is 0 Å². The Labute approximate surface area is 175 Å². The number of hydrogen-bond donors (Lipinski definition) is 1. The fourth-order valence-electron chi connectivity index (χ4n) is 3.31. The Bertz CT molecular complexity index is 887. The van der Waals surface area contributed by atoms with Gasteiger partial charge in [-0.05, 0) is 49.4 Å². The fraction of sp³-hybridized carbons (Fsp3) is 0.450. The van der Waals surface area contributed by atoms with Gasteiger partial charge in [-0.3, -0.25) is 4.79 Å². The molecule has 3 rings (SSSR count). The van der Waals surface area contributed by atoms with Crippen LogP contribution in [0, 0.1) is 11.3 Å². The van der Waals surface area contributed by atoms with Crippen molar-refractivity contribution in [1.29, 1.82) is 5.26 Å². The number of anilines is 3. The molecule has 0 aliphatic carbocycles. The van der Waals surface area contributed by atoms with E-state index in [2.05, 4.69) is 31.2 Å². The molecule has 2 aromatic rings. The lowest BCUT2D eigenvalue weighted by Crippen LogP contribution is -2.34. The van der Waals surface area contributed by atoms with E-state index >= 15 is 0 Å². The van der Waals surface area contributed by atoms with E-state index in [1.807, 2.05) is 11.0 Å². The van der Waals surface area contributed by atoms with Crippen molar-refractivity contribution in [3.63, 3.8) is 0 Å². The molecule has 29 heavy (non-hydrogen) atoms. The average molecular weight is 414 g/mol. The Kier molecular flexibility index (Phi) is 7.19. The van der Waals surface area contributed by atoms with Crippen LogP contribution >= 0.6 is 11.6 Å². The highest BCUT2D eigenvalue weighted by Crippen LogP contribution is 2.22. The molecule has 1 fully saturated rings. The summed E-state index contributed by atoms with van der Waals surface area (Å²) in [5.41, 5.74) is 0.513. The summed E-state index contributed by atoms with van der Waals surface area (Å²) in [5.74, 6) is 1.96. The van der Waals surface area contributed by atoms with E-state index in [0.29, 0.717) is 17.2 Å². The van der Waals surface area contributed by atoms with Gasteiger partial charge in [0.25, 0.3) is 0 Å². The van der Waals surface area contributed by atoms with Crippen LogP contribution in [0.2, 0.25) is 5.28 Å². The smallest absolute Gasteiger partial charge is 0.226 e. The molecule has 8 nitrogen and oxygen atoms in total. The maximum atomic E-state index is 11.7. The van der Waals surface area contributed by atoms with Crippen LogP contribution in [0.4, 0.5) is 17.5 Å². The number of nitrogens with zero attached hydrogens (tertiary/aromatic N) is 6. The molecule has 3 heterocycles. The van der Waals surface area contributed by atoms with Gasteiger partial charge in [-0.1, -0.05) is 0 Å². The second-order valence-electron chi connectivity index (χ2n) is 6.95. The van der Waals surface area contributed by atoms with E-state index in [9.17, 15) is 4.79 Å². The maximum absolute atomic E-state index is 11.7. The van der Waals surface area contributed by atoms with E-state index in [0.717, 1.165) is 57.7 Å². The van der Waals surface area contributed by atoms with Crippen LogP contribution in [0.5, 0.6) is 0 Å². The van der Waals surface area contributed by atoms with Crippen molar-refractivity contribution in [1.82, 2.24) is 19.9 Å². The third-order valence-corrected chi connectivity index (χ3v) is 4.98. The number of amides is 1. The Hall–Kier alpha value is -2.92. The normalized spacial score (nSPS) is 15.5. The van der Waals surface area contributed by atoms with E-state index in [4.69, 9.17) is 16.9 Å². The second kappa shape index (κ2) is 10.0. The predicted octanol–water partition coefficient (Wildman–Crippen LogP) is 3.37. The fourth-order valence-corrected chi connectivity index (χ4v) is 3.49. The van der Waals surface area contributed by atoms with Gasteiger partial charge in [0.2, 0.25) is 11.2 Å². The van der Waals surface area contributed by atoms with Crippen molar-refractivity contribution in [2.75, 3.05) is 36.4 Å². The Morgan fingerprint density at radius 1 is 1.10 bits per heavy atom. The molecule has 1 N–H and O–H groups in total. The van der Waals surface area contributed by atoms with Gasteiger partial charge in [-0.15, -0.1) is 0 Å². The number of carbonyl (C=O) groups excluding carboxylic acids is 1. The first kappa shape index (κ1) is 20.8. The highest BCUT2D eigenvalue weighted by Gasteiger charge is 2.15.